The fourth-order valence-electron chi connectivity index (χ4n) is 3.32. The van der Waals surface area contributed by atoms with E-state index < -0.39 is 11.9 Å². The molecule has 1 atom stereocenters. The Hall–Kier alpha value is -2.81. The summed E-state index contributed by atoms with van der Waals surface area (Å²) in [5.74, 6) is -0.632. The molecule has 2 fully saturated rings. The third-order valence-electron chi connectivity index (χ3n) is 4.76. The highest BCUT2D eigenvalue weighted by atomic mass is 16.5. The Morgan fingerprint density at radius 3 is 2.63 bits per heavy atom. The fourth-order valence-corrected chi connectivity index (χ4v) is 3.32. The van der Waals surface area contributed by atoms with Crippen molar-refractivity contribution >= 4 is 29.2 Å². The average molecular weight is 375 g/mol. The van der Waals surface area contributed by atoms with Crippen LogP contribution in [0.4, 0.5) is 16.2 Å². The molecule has 0 aliphatic carbocycles. The number of morpholine rings is 1. The summed E-state index contributed by atoms with van der Waals surface area (Å²) in [5.41, 5.74) is 6.70. The molecule has 2 aliphatic heterocycles. The molecule has 9 nitrogen and oxygen atoms in total. The number of hydrogen-bond acceptors (Lipinski definition) is 5. The number of nitrogens with two attached hydrogens (primary N) is 1. The first-order valence-electron chi connectivity index (χ1n) is 9.11. The topological polar surface area (TPSA) is 117 Å². The number of benzene rings is 1. The maximum Gasteiger partial charge on any atom is 0.322 e. The maximum absolute atomic E-state index is 12.4. The monoisotopic (exact) mass is 375 g/mol. The highest BCUT2D eigenvalue weighted by Crippen LogP contribution is 2.19. The third-order valence-corrected chi connectivity index (χ3v) is 4.76. The highest BCUT2D eigenvalue weighted by molar-refractivity contribution is 5.91. The highest BCUT2D eigenvalue weighted by Gasteiger charge is 2.32. The van der Waals surface area contributed by atoms with Gasteiger partial charge in [-0.3, -0.25) is 9.59 Å². The number of carbonyl (C=O) groups is 3. The van der Waals surface area contributed by atoms with E-state index in [-0.39, 0.29) is 18.5 Å². The van der Waals surface area contributed by atoms with Crippen LogP contribution in [0.25, 0.3) is 0 Å². The molecule has 1 unspecified atom stereocenters. The number of nitrogens with one attached hydrogen (secondary N) is 2. The van der Waals surface area contributed by atoms with E-state index in [1.807, 2.05) is 6.07 Å². The third kappa shape index (κ3) is 4.88. The Morgan fingerprint density at radius 2 is 1.89 bits per heavy atom. The first kappa shape index (κ1) is 19.0. The van der Waals surface area contributed by atoms with E-state index in [0.29, 0.717) is 50.6 Å². The summed E-state index contributed by atoms with van der Waals surface area (Å²) >= 11 is 0. The second kappa shape index (κ2) is 8.72. The van der Waals surface area contributed by atoms with Crippen molar-refractivity contribution in [3.05, 3.63) is 24.3 Å². The molecule has 0 aromatic heterocycles. The minimum Gasteiger partial charge on any atom is -0.378 e. The van der Waals surface area contributed by atoms with Crippen LogP contribution in [-0.4, -0.2) is 73.1 Å². The maximum atomic E-state index is 12.4. The molecule has 0 radical (unpaired) electrons. The molecule has 2 saturated heterocycles. The molecule has 0 saturated carbocycles. The van der Waals surface area contributed by atoms with Crippen LogP contribution in [0.15, 0.2) is 24.3 Å². The van der Waals surface area contributed by atoms with Crippen molar-refractivity contribution in [3.8, 4) is 0 Å². The van der Waals surface area contributed by atoms with Gasteiger partial charge in [-0.05, 0) is 31.0 Å². The van der Waals surface area contributed by atoms with Gasteiger partial charge in [0, 0.05) is 31.0 Å². The molecule has 27 heavy (non-hydrogen) atoms. The summed E-state index contributed by atoms with van der Waals surface area (Å²) in [6.07, 6.45) is 1.40. The van der Waals surface area contributed by atoms with Gasteiger partial charge in [0.2, 0.25) is 11.8 Å². The molecule has 2 aliphatic rings. The zero-order chi connectivity index (χ0) is 19.2. The van der Waals surface area contributed by atoms with Gasteiger partial charge >= 0.3 is 6.03 Å². The predicted octanol–water partition coefficient (Wildman–Crippen LogP) is 0.439. The van der Waals surface area contributed by atoms with Crippen LogP contribution in [0.5, 0.6) is 0 Å². The van der Waals surface area contributed by atoms with Crippen molar-refractivity contribution in [2.24, 2.45) is 5.73 Å². The van der Waals surface area contributed by atoms with Crippen molar-refractivity contribution in [3.63, 3.8) is 0 Å². The van der Waals surface area contributed by atoms with Crippen molar-refractivity contribution in [1.29, 1.82) is 0 Å². The molecule has 3 rings (SSSR count). The number of carbonyl (C=O) groups excluding carboxylic acids is 3. The first-order valence-corrected chi connectivity index (χ1v) is 9.11. The minimum atomic E-state index is -0.515. The van der Waals surface area contributed by atoms with Crippen LogP contribution >= 0.6 is 0 Å². The predicted molar refractivity (Wildman–Crippen MR) is 100 cm³/mol. The van der Waals surface area contributed by atoms with Crippen LogP contribution in [-0.2, 0) is 14.3 Å². The molecule has 146 valence electrons. The number of likely N-dealkylation sites (tertiary alicyclic amines) is 1. The number of primary amides is 1. The zero-order valence-electron chi connectivity index (χ0n) is 15.1. The molecule has 0 spiro atoms. The molecule has 9 heteroatoms. The number of nitrogens with zero attached hydrogens (tertiary/aromatic N) is 2. The van der Waals surface area contributed by atoms with Gasteiger partial charge < -0.3 is 30.9 Å². The average Bonchev–Trinajstić information content (AvgIpc) is 3.17. The molecule has 2 heterocycles. The quantitative estimate of drug-likeness (QED) is 0.690. The second-order valence-corrected chi connectivity index (χ2v) is 6.61. The second-order valence-electron chi connectivity index (χ2n) is 6.61. The molecule has 1 aromatic carbocycles. The Labute approximate surface area is 157 Å². The van der Waals surface area contributed by atoms with E-state index in [2.05, 4.69) is 10.6 Å². The molecular weight excluding hydrogens is 350 g/mol. The summed E-state index contributed by atoms with van der Waals surface area (Å²) in [5, 5.41) is 5.90. The zero-order valence-corrected chi connectivity index (χ0v) is 15.1. The Bertz CT molecular complexity index is 705. The van der Waals surface area contributed by atoms with Crippen molar-refractivity contribution in [2.75, 3.05) is 50.0 Å². The smallest absolute Gasteiger partial charge is 0.322 e. The number of urea groups is 1. The number of rotatable bonds is 5. The largest absolute Gasteiger partial charge is 0.378 e. The van der Waals surface area contributed by atoms with Gasteiger partial charge in [-0.15, -0.1) is 0 Å². The van der Waals surface area contributed by atoms with Crippen LogP contribution < -0.4 is 16.4 Å². The normalized spacial score (nSPS) is 19.6. The van der Waals surface area contributed by atoms with E-state index in [1.165, 1.54) is 4.90 Å². The summed E-state index contributed by atoms with van der Waals surface area (Å²) in [6, 6.07) is 6.47. The summed E-state index contributed by atoms with van der Waals surface area (Å²) < 4.78 is 5.24. The Balaban J connectivity index is 1.53. The molecule has 0 bridgehead atoms. The minimum absolute atomic E-state index is 0.0602. The molecule has 4 amide bonds. The van der Waals surface area contributed by atoms with Gasteiger partial charge in [-0.25, -0.2) is 4.79 Å². The molecule has 1 aromatic rings. The van der Waals surface area contributed by atoms with Gasteiger partial charge in [0.1, 0.15) is 6.04 Å². The standard InChI is InChI=1S/C18H25N5O4/c19-17(25)15-5-2-6-23(15)16(24)12-20-13-3-1-4-14(11-13)21-18(26)22-7-9-27-10-8-22/h1,3-4,11,15,20H,2,5-10,12H2,(H2,19,25)(H,21,26). The van der Waals surface area contributed by atoms with Crippen LogP contribution in [0.1, 0.15) is 12.8 Å². The summed E-state index contributed by atoms with van der Waals surface area (Å²) in [4.78, 5) is 39.3. The number of amides is 4. The van der Waals surface area contributed by atoms with Crippen molar-refractivity contribution in [1.82, 2.24) is 9.80 Å². The lowest BCUT2D eigenvalue weighted by molar-refractivity contribution is -0.135. The fraction of sp³-hybridized carbons (Fsp3) is 0.500. The summed E-state index contributed by atoms with van der Waals surface area (Å²) in [7, 11) is 0. The van der Waals surface area contributed by atoms with E-state index in [9.17, 15) is 14.4 Å². The number of ether oxygens (including phenoxy) is 1. The van der Waals surface area contributed by atoms with Crippen LogP contribution in [0.3, 0.4) is 0 Å². The van der Waals surface area contributed by atoms with E-state index >= 15 is 0 Å². The van der Waals surface area contributed by atoms with E-state index in [4.69, 9.17) is 10.5 Å². The van der Waals surface area contributed by atoms with E-state index in [0.717, 1.165) is 6.42 Å². The summed E-state index contributed by atoms with van der Waals surface area (Å²) in [6.45, 7) is 2.82. The SMILES string of the molecule is NC(=O)C1CCCN1C(=O)CNc1cccc(NC(=O)N2CCOCC2)c1. The number of anilines is 2. The van der Waals surface area contributed by atoms with Gasteiger partial charge in [-0.2, -0.15) is 0 Å². The van der Waals surface area contributed by atoms with Crippen molar-refractivity contribution < 1.29 is 19.1 Å². The van der Waals surface area contributed by atoms with E-state index in [1.54, 1.807) is 23.1 Å². The Morgan fingerprint density at radius 1 is 1.15 bits per heavy atom. The Kier molecular flexibility index (Phi) is 6.12. The molecular formula is C18H25N5O4. The lowest BCUT2D eigenvalue weighted by atomic mass is 10.2. The van der Waals surface area contributed by atoms with Gasteiger partial charge in [0.15, 0.2) is 0 Å². The van der Waals surface area contributed by atoms with Gasteiger partial charge in [0.05, 0.1) is 19.8 Å². The number of hydrogen-bond donors (Lipinski definition) is 3. The lowest BCUT2D eigenvalue weighted by Crippen LogP contribution is -2.45. The van der Waals surface area contributed by atoms with Crippen LogP contribution in [0, 0.1) is 0 Å². The van der Waals surface area contributed by atoms with Gasteiger partial charge in [0.25, 0.3) is 0 Å². The lowest BCUT2D eigenvalue weighted by Gasteiger charge is -2.27. The van der Waals surface area contributed by atoms with Gasteiger partial charge in [-0.1, -0.05) is 6.07 Å². The first-order chi connectivity index (χ1) is 13.0. The van der Waals surface area contributed by atoms with Crippen molar-refractivity contribution in [2.45, 2.75) is 18.9 Å². The van der Waals surface area contributed by atoms with Crippen LogP contribution in [0.2, 0.25) is 0 Å². The molecule has 4 N–H and O–H groups in total.